The van der Waals surface area contributed by atoms with Gasteiger partial charge in [0, 0.05) is 67.4 Å². The third-order valence-electron chi connectivity index (χ3n) is 8.99. The standard InChI is InChI=1S/C30H40ClN7O2/c1-8-25(40)36-12-9-21(10-13-36)38-19(3)26(27-23-17-32-33-24(23)15-18(2)28(27)31)29(34-38)37-14-11-22(16-30(37,5)6)35(7)20(4)39/h8,15,17,21-22H,1,9-14,16H2,2-7H3,(H,32,33)/t22-/m1/s1. The molecule has 0 unspecified atom stereocenters. The topological polar surface area (TPSA) is 90.4 Å². The Balaban J connectivity index is 1.63. The van der Waals surface area contributed by atoms with E-state index in [1.54, 1.807) is 6.92 Å². The van der Waals surface area contributed by atoms with Crippen molar-refractivity contribution in [1.29, 1.82) is 0 Å². The van der Waals surface area contributed by atoms with Gasteiger partial charge in [-0.2, -0.15) is 10.2 Å². The van der Waals surface area contributed by atoms with Gasteiger partial charge in [0.05, 0.1) is 22.8 Å². The van der Waals surface area contributed by atoms with Crippen molar-refractivity contribution in [2.24, 2.45) is 0 Å². The average Bonchev–Trinajstić information content (AvgIpc) is 3.52. The van der Waals surface area contributed by atoms with Crippen LogP contribution in [0.15, 0.2) is 24.9 Å². The van der Waals surface area contributed by atoms with Crippen molar-refractivity contribution in [3.05, 3.63) is 41.2 Å². The number of nitrogens with zero attached hydrogens (tertiary/aromatic N) is 6. The van der Waals surface area contributed by atoms with Crippen LogP contribution in [0.3, 0.4) is 0 Å². The zero-order valence-electron chi connectivity index (χ0n) is 24.4. The number of fused-ring (bicyclic) bond motifs is 1. The molecule has 214 valence electrons. The van der Waals surface area contributed by atoms with Gasteiger partial charge in [-0.15, -0.1) is 0 Å². The predicted octanol–water partition coefficient (Wildman–Crippen LogP) is 5.27. The molecule has 2 aliphatic heterocycles. The zero-order valence-corrected chi connectivity index (χ0v) is 25.2. The minimum atomic E-state index is -0.251. The van der Waals surface area contributed by atoms with Gasteiger partial charge >= 0.3 is 0 Å². The Labute approximate surface area is 241 Å². The highest BCUT2D eigenvalue weighted by Crippen LogP contribution is 2.47. The minimum absolute atomic E-state index is 0.0222. The molecule has 2 fully saturated rings. The lowest BCUT2D eigenvalue weighted by molar-refractivity contribution is -0.130. The van der Waals surface area contributed by atoms with Crippen molar-refractivity contribution in [3.63, 3.8) is 0 Å². The number of amides is 2. The van der Waals surface area contributed by atoms with Gasteiger partial charge in [0.15, 0.2) is 5.82 Å². The normalized spacial score (nSPS) is 19.7. The summed E-state index contributed by atoms with van der Waals surface area (Å²) in [6.45, 7) is 16.0. The number of nitrogens with one attached hydrogen (secondary N) is 1. The Hall–Kier alpha value is -3.33. The van der Waals surface area contributed by atoms with E-state index < -0.39 is 0 Å². The summed E-state index contributed by atoms with van der Waals surface area (Å²) in [4.78, 5) is 30.5. The number of carbonyl (C=O) groups is 2. The van der Waals surface area contributed by atoms with Crippen LogP contribution in [-0.2, 0) is 9.59 Å². The molecule has 2 aromatic heterocycles. The second kappa shape index (κ2) is 10.6. The number of anilines is 1. The number of piperidine rings is 2. The zero-order chi connectivity index (χ0) is 28.9. The number of carbonyl (C=O) groups excluding carboxylic acids is 2. The minimum Gasteiger partial charge on any atom is -0.349 e. The first-order valence-corrected chi connectivity index (χ1v) is 14.5. The van der Waals surface area contributed by atoms with Crippen LogP contribution in [0.4, 0.5) is 5.82 Å². The summed E-state index contributed by atoms with van der Waals surface area (Å²) in [7, 11) is 1.90. The molecule has 9 nitrogen and oxygen atoms in total. The molecular formula is C30H40ClN7O2. The molecule has 3 aromatic rings. The molecule has 1 atom stereocenters. The lowest BCUT2D eigenvalue weighted by Gasteiger charge is -2.48. The molecule has 1 N–H and O–H groups in total. The summed E-state index contributed by atoms with van der Waals surface area (Å²) >= 11 is 7.09. The fourth-order valence-electron chi connectivity index (χ4n) is 6.60. The maximum absolute atomic E-state index is 12.2. The Morgan fingerprint density at radius 3 is 2.50 bits per heavy atom. The van der Waals surface area contributed by atoms with Crippen molar-refractivity contribution < 1.29 is 9.59 Å². The Bertz CT molecular complexity index is 1460. The third-order valence-corrected chi connectivity index (χ3v) is 9.48. The maximum atomic E-state index is 12.2. The van der Waals surface area contributed by atoms with Gasteiger partial charge in [0.25, 0.3) is 0 Å². The lowest BCUT2D eigenvalue weighted by atomic mass is 9.85. The first-order valence-electron chi connectivity index (χ1n) is 14.1. The van der Waals surface area contributed by atoms with E-state index >= 15 is 0 Å². The molecule has 0 bridgehead atoms. The van der Waals surface area contributed by atoms with Crippen LogP contribution in [-0.4, -0.2) is 79.9 Å². The number of aromatic nitrogens is 4. The fraction of sp³-hybridized carbons (Fsp3) is 0.533. The number of benzene rings is 1. The summed E-state index contributed by atoms with van der Waals surface area (Å²) in [6.07, 6.45) is 6.56. The van der Waals surface area contributed by atoms with Crippen molar-refractivity contribution >= 4 is 40.1 Å². The van der Waals surface area contributed by atoms with E-state index in [4.69, 9.17) is 16.7 Å². The Kier molecular flexibility index (Phi) is 7.46. The number of rotatable bonds is 5. The number of hydrogen-bond donors (Lipinski definition) is 1. The third kappa shape index (κ3) is 4.78. The molecular weight excluding hydrogens is 526 g/mol. The molecule has 4 heterocycles. The van der Waals surface area contributed by atoms with Crippen LogP contribution in [0.5, 0.6) is 0 Å². The molecule has 2 amide bonds. The molecule has 40 heavy (non-hydrogen) atoms. The summed E-state index contributed by atoms with van der Waals surface area (Å²) in [6, 6.07) is 2.37. The van der Waals surface area contributed by atoms with Crippen molar-refractivity contribution in [1.82, 2.24) is 29.8 Å². The second-order valence-electron chi connectivity index (χ2n) is 11.9. The van der Waals surface area contributed by atoms with Crippen LogP contribution in [0.2, 0.25) is 5.02 Å². The van der Waals surface area contributed by atoms with Gasteiger partial charge in [-0.25, -0.2) is 0 Å². The number of H-pyrrole nitrogens is 1. The van der Waals surface area contributed by atoms with E-state index in [-0.39, 0.29) is 29.4 Å². The van der Waals surface area contributed by atoms with E-state index in [0.29, 0.717) is 18.1 Å². The first kappa shape index (κ1) is 28.2. The molecule has 0 spiro atoms. The van der Waals surface area contributed by atoms with Gasteiger partial charge in [0.2, 0.25) is 11.8 Å². The highest BCUT2D eigenvalue weighted by Gasteiger charge is 2.41. The number of likely N-dealkylation sites (tertiary alicyclic amines) is 1. The van der Waals surface area contributed by atoms with Crippen LogP contribution in [0, 0.1) is 13.8 Å². The monoisotopic (exact) mass is 565 g/mol. The van der Waals surface area contributed by atoms with E-state index in [9.17, 15) is 9.59 Å². The summed E-state index contributed by atoms with van der Waals surface area (Å²) in [5, 5.41) is 14.5. The highest BCUT2D eigenvalue weighted by molar-refractivity contribution is 6.36. The van der Waals surface area contributed by atoms with Crippen LogP contribution >= 0.6 is 11.6 Å². The molecule has 5 rings (SSSR count). The van der Waals surface area contributed by atoms with Gasteiger partial charge < -0.3 is 14.7 Å². The maximum Gasteiger partial charge on any atom is 0.245 e. The van der Waals surface area contributed by atoms with E-state index in [1.807, 2.05) is 36.0 Å². The Morgan fingerprint density at radius 2 is 1.88 bits per heavy atom. The molecule has 10 heteroatoms. The molecule has 0 aliphatic carbocycles. The SMILES string of the molecule is C=CC(=O)N1CCC(n2nc(N3CC[C@@H](N(C)C(C)=O)CC3(C)C)c(-c3c(Cl)c(C)cc4[nH]ncc34)c2C)CC1. The lowest BCUT2D eigenvalue weighted by Crippen LogP contribution is -2.56. The number of halogens is 1. The van der Waals surface area contributed by atoms with Crippen LogP contribution in [0.1, 0.15) is 63.8 Å². The smallest absolute Gasteiger partial charge is 0.245 e. The van der Waals surface area contributed by atoms with Gasteiger partial charge in [0.1, 0.15) is 0 Å². The van der Waals surface area contributed by atoms with E-state index in [1.165, 1.54) is 6.08 Å². The summed E-state index contributed by atoms with van der Waals surface area (Å²) in [5.74, 6) is 0.974. The predicted molar refractivity (Wildman–Crippen MR) is 160 cm³/mol. The average molecular weight is 566 g/mol. The first-order chi connectivity index (χ1) is 18.9. The number of aryl methyl sites for hydroxylation is 1. The molecule has 2 aliphatic rings. The van der Waals surface area contributed by atoms with Crippen LogP contribution < -0.4 is 4.90 Å². The number of hydrogen-bond acceptors (Lipinski definition) is 5. The van der Waals surface area contributed by atoms with Crippen LogP contribution in [0.25, 0.3) is 22.0 Å². The second-order valence-corrected chi connectivity index (χ2v) is 12.3. The molecule has 0 radical (unpaired) electrons. The van der Waals surface area contributed by atoms with Gasteiger partial charge in [-0.1, -0.05) is 18.2 Å². The quantitative estimate of drug-likeness (QED) is 0.426. The van der Waals surface area contributed by atoms with Crippen molar-refractivity contribution in [2.45, 2.75) is 77.9 Å². The van der Waals surface area contributed by atoms with Gasteiger partial charge in [-0.05, 0) is 71.1 Å². The molecule has 1 aromatic carbocycles. The van der Waals surface area contributed by atoms with E-state index in [0.717, 1.165) is 71.3 Å². The fourth-order valence-corrected chi connectivity index (χ4v) is 6.85. The summed E-state index contributed by atoms with van der Waals surface area (Å²) < 4.78 is 2.16. The van der Waals surface area contributed by atoms with Crippen molar-refractivity contribution in [3.8, 4) is 11.1 Å². The van der Waals surface area contributed by atoms with Gasteiger partial charge in [-0.3, -0.25) is 19.4 Å². The highest BCUT2D eigenvalue weighted by atomic mass is 35.5. The van der Waals surface area contributed by atoms with E-state index in [2.05, 4.69) is 47.1 Å². The summed E-state index contributed by atoms with van der Waals surface area (Å²) in [5.41, 5.74) is 4.69. The van der Waals surface area contributed by atoms with Crippen molar-refractivity contribution in [2.75, 3.05) is 31.6 Å². The molecule has 2 saturated heterocycles. The molecule has 0 saturated carbocycles. The number of aromatic amines is 1. The Morgan fingerprint density at radius 1 is 1.18 bits per heavy atom. The largest absolute Gasteiger partial charge is 0.349 e.